The van der Waals surface area contributed by atoms with Gasteiger partial charge in [-0.2, -0.15) is 5.26 Å². The number of nitriles is 1. The van der Waals surface area contributed by atoms with Crippen molar-refractivity contribution in [3.63, 3.8) is 0 Å². The lowest BCUT2D eigenvalue weighted by Gasteiger charge is -2.32. The van der Waals surface area contributed by atoms with Crippen LogP contribution >= 0.6 is 0 Å². The van der Waals surface area contributed by atoms with Crippen LogP contribution < -0.4 is 10.6 Å². The monoisotopic (exact) mass is 209 g/mol. The second-order valence-corrected chi connectivity index (χ2v) is 4.92. The van der Waals surface area contributed by atoms with Gasteiger partial charge in [0.1, 0.15) is 0 Å². The summed E-state index contributed by atoms with van der Waals surface area (Å²) in [5.41, 5.74) is -0.479. The lowest BCUT2D eigenvalue weighted by Crippen LogP contribution is -2.50. The summed E-state index contributed by atoms with van der Waals surface area (Å²) in [6.07, 6.45) is 0. The zero-order valence-electron chi connectivity index (χ0n) is 9.63. The van der Waals surface area contributed by atoms with Crippen LogP contribution in [0.25, 0.3) is 0 Å². The van der Waals surface area contributed by atoms with Gasteiger partial charge in [-0.15, -0.1) is 0 Å². The normalized spacial score (nSPS) is 18.8. The van der Waals surface area contributed by atoms with E-state index in [1.807, 2.05) is 20.8 Å². The first-order valence-corrected chi connectivity index (χ1v) is 5.36. The van der Waals surface area contributed by atoms with Gasteiger partial charge in [0.15, 0.2) is 0 Å². The number of hydrogen-bond acceptors (Lipinski definition) is 3. The quantitative estimate of drug-likeness (QED) is 0.709. The third-order valence-electron chi connectivity index (χ3n) is 2.94. The van der Waals surface area contributed by atoms with Crippen LogP contribution in [0.2, 0.25) is 0 Å². The lowest BCUT2D eigenvalue weighted by molar-refractivity contribution is -0.127. The number of hydrogen-bond donors (Lipinski definition) is 2. The molecule has 1 amide bonds. The Kier molecular flexibility index (Phi) is 3.70. The zero-order chi connectivity index (χ0) is 11.5. The Bertz CT molecular complexity index is 276. The average molecular weight is 209 g/mol. The van der Waals surface area contributed by atoms with E-state index in [-0.39, 0.29) is 11.8 Å². The van der Waals surface area contributed by atoms with Gasteiger partial charge in [-0.1, -0.05) is 6.92 Å². The highest BCUT2D eigenvalue weighted by Gasteiger charge is 2.29. The van der Waals surface area contributed by atoms with E-state index >= 15 is 0 Å². The fraction of sp³-hybridized carbons (Fsp3) is 0.818. The van der Waals surface area contributed by atoms with Gasteiger partial charge in [0.2, 0.25) is 5.91 Å². The van der Waals surface area contributed by atoms with Crippen molar-refractivity contribution in [3.05, 3.63) is 0 Å². The van der Waals surface area contributed by atoms with Crippen molar-refractivity contribution >= 4 is 5.91 Å². The molecule has 84 valence electrons. The first-order chi connectivity index (χ1) is 6.96. The first-order valence-electron chi connectivity index (χ1n) is 5.36. The highest BCUT2D eigenvalue weighted by Crippen LogP contribution is 2.17. The van der Waals surface area contributed by atoms with Gasteiger partial charge in [0.05, 0.1) is 11.5 Å². The zero-order valence-corrected chi connectivity index (χ0v) is 9.63. The predicted octanol–water partition coefficient (Wildman–Crippen LogP) is 0.508. The van der Waals surface area contributed by atoms with Crippen LogP contribution in [-0.2, 0) is 4.79 Å². The van der Waals surface area contributed by atoms with Crippen molar-refractivity contribution in [1.82, 2.24) is 10.6 Å². The molecule has 1 rings (SSSR count). The summed E-state index contributed by atoms with van der Waals surface area (Å²) in [5.74, 6) is 0.556. The molecule has 1 fully saturated rings. The van der Waals surface area contributed by atoms with E-state index in [0.717, 1.165) is 13.1 Å². The Labute approximate surface area is 91.0 Å². The third kappa shape index (κ3) is 3.21. The number of rotatable bonds is 4. The van der Waals surface area contributed by atoms with Gasteiger partial charge in [0, 0.05) is 12.5 Å². The minimum Gasteiger partial charge on any atom is -0.354 e. The molecule has 0 aromatic heterocycles. The molecule has 2 N–H and O–H groups in total. The van der Waals surface area contributed by atoms with Gasteiger partial charge in [-0.25, -0.2) is 0 Å². The van der Waals surface area contributed by atoms with Crippen LogP contribution in [0.3, 0.4) is 0 Å². The maximum Gasteiger partial charge on any atom is 0.223 e. The van der Waals surface area contributed by atoms with Gasteiger partial charge in [-0.05, 0) is 32.9 Å². The largest absolute Gasteiger partial charge is 0.354 e. The number of carbonyl (C=O) groups is 1. The van der Waals surface area contributed by atoms with Crippen molar-refractivity contribution in [3.8, 4) is 6.07 Å². The fourth-order valence-corrected chi connectivity index (χ4v) is 1.39. The molecule has 0 aromatic carbocycles. The number of nitrogens with one attached hydrogen (secondary N) is 2. The van der Waals surface area contributed by atoms with Crippen molar-refractivity contribution in [1.29, 1.82) is 5.26 Å². The summed E-state index contributed by atoms with van der Waals surface area (Å²) in [7, 11) is 0. The summed E-state index contributed by atoms with van der Waals surface area (Å²) < 4.78 is 0. The van der Waals surface area contributed by atoms with Crippen LogP contribution in [0.15, 0.2) is 0 Å². The first kappa shape index (κ1) is 12.0. The SMILES string of the molecule is CC(C(=O)NCC(C)(C)C#N)C1CNC1. The van der Waals surface area contributed by atoms with E-state index in [0.29, 0.717) is 12.5 Å². The van der Waals surface area contributed by atoms with E-state index in [1.165, 1.54) is 0 Å². The summed E-state index contributed by atoms with van der Waals surface area (Å²) in [6, 6.07) is 2.17. The third-order valence-corrected chi connectivity index (χ3v) is 2.94. The summed E-state index contributed by atoms with van der Waals surface area (Å²) in [5, 5.41) is 14.8. The summed E-state index contributed by atoms with van der Waals surface area (Å²) in [4.78, 5) is 11.7. The molecule has 0 aliphatic carbocycles. The number of nitrogens with zero attached hydrogens (tertiary/aromatic N) is 1. The second-order valence-electron chi connectivity index (χ2n) is 4.92. The second kappa shape index (κ2) is 4.63. The van der Waals surface area contributed by atoms with E-state index in [2.05, 4.69) is 16.7 Å². The molecular formula is C11H19N3O. The standard InChI is InChI=1S/C11H19N3O/c1-8(9-4-13-5-9)10(15)14-7-11(2,3)6-12/h8-9,13H,4-5,7H2,1-3H3,(H,14,15). The van der Waals surface area contributed by atoms with Gasteiger partial charge in [-0.3, -0.25) is 4.79 Å². The molecule has 4 nitrogen and oxygen atoms in total. The molecule has 15 heavy (non-hydrogen) atoms. The lowest BCUT2D eigenvalue weighted by atomic mass is 9.88. The molecule has 1 saturated heterocycles. The van der Waals surface area contributed by atoms with E-state index in [9.17, 15) is 4.79 Å². The molecular weight excluding hydrogens is 190 g/mol. The highest BCUT2D eigenvalue weighted by molar-refractivity contribution is 5.78. The number of amides is 1. The van der Waals surface area contributed by atoms with Crippen LogP contribution in [0, 0.1) is 28.6 Å². The van der Waals surface area contributed by atoms with E-state index < -0.39 is 5.41 Å². The van der Waals surface area contributed by atoms with Crippen molar-refractivity contribution in [2.45, 2.75) is 20.8 Å². The minimum absolute atomic E-state index is 0.0424. The molecule has 4 heteroatoms. The van der Waals surface area contributed by atoms with Gasteiger partial charge in [0.25, 0.3) is 0 Å². The van der Waals surface area contributed by atoms with Crippen LogP contribution in [0.1, 0.15) is 20.8 Å². The minimum atomic E-state index is -0.479. The van der Waals surface area contributed by atoms with Crippen LogP contribution in [0.4, 0.5) is 0 Å². The van der Waals surface area contributed by atoms with Crippen LogP contribution in [0.5, 0.6) is 0 Å². The molecule has 1 atom stereocenters. The topological polar surface area (TPSA) is 64.9 Å². The average Bonchev–Trinajstić information content (AvgIpc) is 2.11. The molecule has 0 radical (unpaired) electrons. The molecule has 0 spiro atoms. The smallest absolute Gasteiger partial charge is 0.223 e. The Balaban J connectivity index is 2.32. The Hall–Kier alpha value is -1.08. The maximum absolute atomic E-state index is 11.7. The number of carbonyl (C=O) groups excluding carboxylic acids is 1. The Morgan fingerprint density at radius 2 is 2.27 bits per heavy atom. The van der Waals surface area contributed by atoms with Crippen LogP contribution in [-0.4, -0.2) is 25.5 Å². The molecule has 0 saturated carbocycles. The van der Waals surface area contributed by atoms with Crippen molar-refractivity contribution in [2.75, 3.05) is 19.6 Å². The maximum atomic E-state index is 11.7. The Morgan fingerprint density at radius 3 is 2.67 bits per heavy atom. The molecule has 0 bridgehead atoms. The predicted molar refractivity (Wildman–Crippen MR) is 57.9 cm³/mol. The summed E-state index contributed by atoms with van der Waals surface area (Å²) >= 11 is 0. The molecule has 1 aliphatic rings. The molecule has 1 aliphatic heterocycles. The highest BCUT2D eigenvalue weighted by atomic mass is 16.1. The summed E-state index contributed by atoms with van der Waals surface area (Å²) in [6.45, 7) is 7.87. The fourth-order valence-electron chi connectivity index (χ4n) is 1.39. The van der Waals surface area contributed by atoms with E-state index in [1.54, 1.807) is 0 Å². The molecule has 0 aromatic rings. The van der Waals surface area contributed by atoms with E-state index in [4.69, 9.17) is 5.26 Å². The Morgan fingerprint density at radius 1 is 1.67 bits per heavy atom. The molecule has 1 unspecified atom stereocenters. The van der Waals surface area contributed by atoms with Crippen molar-refractivity contribution < 1.29 is 4.79 Å². The van der Waals surface area contributed by atoms with Gasteiger partial charge < -0.3 is 10.6 Å². The van der Waals surface area contributed by atoms with Crippen molar-refractivity contribution in [2.24, 2.45) is 17.3 Å². The molecule has 1 heterocycles. The van der Waals surface area contributed by atoms with Gasteiger partial charge >= 0.3 is 0 Å².